The molecule has 0 aromatic heterocycles. The number of carbonyl (C=O) groups is 2. The molecule has 10 heteroatoms. The number of primary amides is 1. The Morgan fingerprint density at radius 3 is 2.36 bits per heavy atom. The maximum atomic E-state index is 13.1. The van der Waals surface area contributed by atoms with Crippen molar-refractivity contribution >= 4 is 44.6 Å². The first-order valence-corrected chi connectivity index (χ1v) is 13.2. The number of benzene rings is 3. The van der Waals surface area contributed by atoms with Crippen molar-refractivity contribution in [3.05, 3.63) is 83.4 Å². The zero-order valence-corrected chi connectivity index (χ0v) is 20.9. The molecule has 4 rings (SSSR count). The second kappa shape index (κ2) is 10.4. The average molecular weight is 509 g/mol. The van der Waals surface area contributed by atoms with Crippen LogP contribution in [0.3, 0.4) is 0 Å². The molecule has 2 amide bonds. The quantitative estimate of drug-likeness (QED) is 0.505. The molecule has 1 saturated heterocycles. The van der Waals surface area contributed by atoms with Gasteiger partial charge in [0, 0.05) is 35.6 Å². The number of nitrogens with zero attached hydrogens (tertiary/aromatic N) is 2. The summed E-state index contributed by atoms with van der Waals surface area (Å²) in [6, 6.07) is 18.5. The smallest absolute Gasteiger partial charge is 0.255 e. The van der Waals surface area contributed by atoms with Crippen LogP contribution in [0.5, 0.6) is 0 Å². The van der Waals surface area contributed by atoms with Crippen LogP contribution in [0.25, 0.3) is 0 Å². The van der Waals surface area contributed by atoms with Gasteiger partial charge in [-0.05, 0) is 61.0 Å². The van der Waals surface area contributed by atoms with E-state index in [2.05, 4.69) is 10.2 Å². The summed E-state index contributed by atoms with van der Waals surface area (Å²) in [7, 11) is -3.80. The van der Waals surface area contributed by atoms with Crippen molar-refractivity contribution in [2.45, 2.75) is 6.92 Å². The van der Waals surface area contributed by atoms with Gasteiger partial charge >= 0.3 is 0 Å². The molecule has 1 aliphatic heterocycles. The Balaban J connectivity index is 1.64. The molecule has 3 aromatic rings. The van der Waals surface area contributed by atoms with Crippen LogP contribution >= 0.6 is 0 Å². The minimum absolute atomic E-state index is 0.184. The molecule has 0 atom stereocenters. The van der Waals surface area contributed by atoms with E-state index in [1.807, 2.05) is 18.2 Å². The summed E-state index contributed by atoms with van der Waals surface area (Å²) in [6.45, 7) is 4.56. The zero-order chi connectivity index (χ0) is 25.9. The molecule has 1 heterocycles. The van der Waals surface area contributed by atoms with Crippen LogP contribution in [0, 0.1) is 6.92 Å². The van der Waals surface area contributed by atoms with Gasteiger partial charge in [-0.15, -0.1) is 0 Å². The van der Waals surface area contributed by atoms with Crippen molar-refractivity contribution in [1.82, 2.24) is 0 Å². The molecule has 3 N–H and O–H groups in total. The molecular weight excluding hydrogens is 480 g/mol. The number of hydrogen-bond donors (Lipinski definition) is 2. The minimum atomic E-state index is -3.80. The van der Waals surface area contributed by atoms with Gasteiger partial charge in [0.25, 0.3) is 5.91 Å². The maximum Gasteiger partial charge on any atom is 0.255 e. The van der Waals surface area contributed by atoms with E-state index in [0.717, 1.165) is 29.3 Å². The second-order valence-corrected chi connectivity index (χ2v) is 10.4. The molecule has 3 aromatic carbocycles. The van der Waals surface area contributed by atoms with Crippen LogP contribution in [-0.4, -0.2) is 52.8 Å². The lowest BCUT2D eigenvalue weighted by molar-refractivity contribution is 0.0997. The normalized spacial score (nSPS) is 13.8. The Hall–Kier alpha value is -3.89. The summed E-state index contributed by atoms with van der Waals surface area (Å²) in [6.07, 6.45) is 1.08. The highest BCUT2D eigenvalue weighted by molar-refractivity contribution is 7.92. The highest BCUT2D eigenvalue weighted by atomic mass is 32.2. The molecule has 0 unspecified atom stereocenters. The summed E-state index contributed by atoms with van der Waals surface area (Å²) in [4.78, 5) is 26.9. The van der Waals surface area contributed by atoms with Crippen LogP contribution in [0.15, 0.2) is 66.7 Å². The third kappa shape index (κ3) is 5.67. The van der Waals surface area contributed by atoms with Crippen LogP contribution in [0.2, 0.25) is 0 Å². The molecule has 0 saturated carbocycles. The molecule has 1 fully saturated rings. The monoisotopic (exact) mass is 508 g/mol. The number of anilines is 4. The van der Waals surface area contributed by atoms with Crippen molar-refractivity contribution in [3.63, 3.8) is 0 Å². The van der Waals surface area contributed by atoms with Crippen LogP contribution in [0.1, 0.15) is 26.3 Å². The standard InChI is InChI=1S/C26H28N4O5S/c1-18-9-10-21(28-26(32)20-6-4-7-22(16-20)29-11-13-35-14-12-29)17-24(18)30(36(2,33)34)23-8-3-5-19(15-23)25(27)31/h3-10,15-17H,11-14H2,1-2H3,(H2,27,31)(H,28,32). The molecule has 1 aliphatic rings. The van der Waals surface area contributed by atoms with E-state index in [-0.39, 0.29) is 17.2 Å². The first-order chi connectivity index (χ1) is 17.1. The van der Waals surface area contributed by atoms with Gasteiger partial charge in [-0.3, -0.25) is 9.59 Å². The van der Waals surface area contributed by atoms with Gasteiger partial charge in [-0.1, -0.05) is 18.2 Å². The van der Waals surface area contributed by atoms with E-state index in [0.29, 0.717) is 35.7 Å². The second-order valence-electron chi connectivity index (χ2n) is 8.55. The number of sulfonamides is 1. The number of morpholine rings is 1. The largest absolute Gasteiger partial charge is 0.378 e. The van der Waals surface area contributed by atoms with Gasteiger partial charge in [-0.2, -0.15) is 0 Å². The maximum absolute atomic E-state index is 13.1. The van der Waals surface area contributed by atoms with Gasteiger partial charge in [0.15, 0.2) is 0 Å². The molecule has 9 nitrogen and oxygen atoms in total. The molecule has 36 heavy (non-hydrogen) atoms. The SMILES string of the molecule is Cc1ccc(NC(=O)c2cccc(N3CCOCC3)c2)cc1N(c1cccc(C(N)=O)c1)S(C)(=O)=O. The summed E-state index contributed by atoms with van der Waals surface area (Å²) >= 11 is 0. The van der Waals surface area contributed by atoms with E-state index < -0.39 is 15.9 Å². The Kier molecular flexibility index (Phi) is 7.27. The fourth-order valence-corrected chi connectivity index (χ4v) is 5.12. The van der Waals surface area contributed by atoms with Gasteiger partial charge in [0.05, 0.1) is 30.8 Å². The van der Waals surface area contributed by atoms with Crippen LogP contribution in [0.4, 0.5) is 22.7 Å². The van der Waals surface area contributed by atoms with Crippen LogP contribution in [-0.2, 0) is 14.8 Å². The summed E-state index contributed by atoms with van der Waals surface area (Å²) in [5.41, 5.74) is 8.69. The third-order valence-electron chi connectivity index (χ3n) is 5.87. The fraction of sp³-hybridized carbons (Fsp3) is 0.231. The van der Waals surface area contributed by atoms with Crippen molar-refractivity contribution in [2.75, 3.05) is 47.1 Å². The van der Waals surface area contributed by atoms with Crippen molar-refractivity contribution in [3.8, 4) is 0 Å². The Morgan fingerprint density at radius 1 is 0.972 bits per heavy atom. The highest BCUT2D eigenvalue weighted by Gasteiger charge is 2.23. The van der Waals surface area contributed by atoms with Crippen molar-refractivity contribution in [2.24, 2.45) is 5.73 Å². The van der Waals surface area contributed by atoms with Gasteiger partial charge < -0.3 is 20.7 Å². The number of nitrogens with two attached hydrogens (primary N) is 1. The molecule has 188 valence electrons. The third-order valence-corrected chi connectivity index (χ3v) is 6.94. The number of carbonyl (C=O) groups excluding carboxylic acids is 2. The lowest BCUT2D eigenvalue weighted by Gasteiger charge is -2.29. The molecular formula is C26H28N4O5S. The summed E-state index contributed by atoms with van der Waals surface area (Å²) < 4.78 is 32.2. The fourth-order valence-electron chi connectivity index (χ4n) is 4.07. The lowest BCUT2D eigenvalue weighted by atomic mass is 10.1. The molecule has 0 radical (unpaired) electrons. The Morgan fingerprint density at radius 2 is 1.67 bits per heavy atom. The van der Waals surface area contributed by atoms with E-state index in [1.54, 1.807) is 43.3 Å². The Bertz CT molecular complexity index is 1400. The predicted molar refractivity (Wildman–Crippen MR) is 141 cm³/mol. The van der Waals surface area contributed by atoms with E-state index >= 15 is 0 Å². The average Bonchev–Trinajstić information content (AvgIpc) is 2.86. The van der Waals surface area contributed by atoms with E-state index in [9.17, 15) is 18.0 Å². The first kappa shape index (κ1) is 25.2. The number of amides is 2. The zero-order valence-electron chi connectivity index (χ0n) is 20.1. The number of aryl methyl sites for hydroxylation is 1. The molecule has 0 spiro atoms. The van der Waals surface area contributed by atoms with Gasteiger partial charge in [0.2, 0.25) is 15.9 Å². The predicted octanol–water partition coefficient (Wildman–Crippen LogP) is 3.28. The lowest BCUT2D eigenvalue weighted by Crippen LogP contribution is -2.36. The number of ether oxygens (including phenoxy) is 1. The van der Waals surface area contributed by atoms with E-state index in [4.69, 9.17) is 10.5 Å². The summed E-state index contributed by atoms with van der Waals surface area (Å²) in [5.74, 6) is -0.983. The van der Waals surface area contributed by atoms with Crippen molar-refractivity contribution in [1.29, 1.82) is 0 Å². The molecule has 0 aliphatic carbocycles. The Labute approximate surface area is 210 Å². The van der Waals surface area contributed by atoms with Crippen LogP contribution < -0.4 is 20.3 Å². The number of nitrogens with one attached hydrogen (secondary N) is 1. The van der Waals surface area contributed by atoms with Crippen molar-refractivity contribution < 1.29 is 22.7 Å². The summed E-state index contributed by atoms with van der Waals surface area (Å²) in [5, 5.41) is 2.87. The number of hydrogen-bond acceptors (Lipinski definition) is 6. The minimum Gasteiger partial charge on any atom is -0.378 e. The first-order valence-electron chi connectivity index (χ1n) is 11.4. The van der Waals surface area contributed by atoms with E-state index in [1.165, 1.54) is 12.1 Å². The highest BCUT2D eigenvalue weighted by Crippen LogP contribution is 2.34. The van der Waals surface area contributed by atoms with Gasteiger partial charge in [0.1, 0.15) is 0 Å². The molecule has 0 bridgehead atoms. The topological polar surface area (TPSA) is 122 Å². The number of rotatable bonds is 7. The van der Waals surface area contributed by atoms with Gasteiger partial charge in [-0.25, -0.2) is 12.7 Å².